The van der Waals surface area contributed by atoms with Gasteiger partial charge in [-0.05, 0) is 62.0 Å². The van der Waals surface area contributed by atoms with Crippen LogP contribution < -0.4 is 14.2 Å². The number of methoxy groups -OCH3 is 3. The maximum Gasteiger partial charge on any atom is 0.295 e. The van der Waals surface area contributed by atoms with Crippen molar-refractivity contribution in [3.63, 3.8) is 0 Å². The molecule has 0 aromatic heterocycles. The zero-order chi connectivity index (χ0) is 25.7. The van der Waals surface area contributed by atoms with Gasteiger partial charge in [-0.15, -0.1) is 0 Å². The van der Waals surface area contributed by atoms with Gasteiger partial charge in [0, 0.05) is 24.2 Å². The van der Waals surface area contributed by atoms with E-state index in [1.807, 2.05) is 20.8 Å². The summed E-state index contributed by atoms with van der Waals surface area (Å²) in [4.78, 5) is 30.3. The maximum absolute atomic E-state index is 13.4. The lowest BCUT2D eigenvalue weighted by atomic mass is 9.93. The Morgan fingerprint density at radius 2 is 1.60 bits per heavy atom. The Kier molecular flexibility index (Phi) is 8.40. The van der Waals surface area contributed by atoms with Crippen LogP contribution in [0.1, 0.15) is 36.6 Å². The number of ketones is 1. The second-order valence-corrected chi connectivity index (χ2v) is 8.31. The molecule has 0 saturated carbocycles. The van der Waals surface area contributed by atoms with Gasteiger partial charge < -0.3 is 29.1 Å². The second-order valence-electron chi connectivity index (χ2n) is 8.31. The van der Waals surface area contributed by atoms with E-state index in [2.05, 4.69) is 4.90 Å². The third-order valence-electron chi connectivity index (χ3n) is 6.51. The van der Waals surface area contributed by atoms with E-state index in [-0.39, 0.29) is 11.3 Å². The van der Waals surface area contributed by atoms with Crippen molar-refractivity contribution in [2.45, 2.75) is 26.8 Å². The van der Waals surface area contributed by atoms with Crippen LogP contribution in [0.15, 0.2) is 42.0 Å². The van der Waals surface area contributed by atoms with Gasteiger partial charge in [0.2, 0.25) is 0 Å². The number of likely N-dealkylation sites (N-methyl/N-ethyl adjacent to an activating group) is 1. The van der Waals surface area contributed by atoms with E-state index in [1.54, 1.807) is 50.6 Å². The first-order valence-electron chi connectivity index (χ1n) is 11.7. The average Bonchev–Trinajstić information content (AvgIpc) is 3.13. The van der Waals surface area contributed by atoms with Gasteiger partial charge in [-0.1, -0.05) is 13.8 Å². The minimum atomic E-state index is -0.836. The Morgan fingerprint density at radius 1 is 0.971 bits per heavy atom. The molecule has 1 fully saturated rings. The van der Waals surface area contributed by atoms with E-state index in [4.69, 9.17) is 14.2 Å². The molecule has 1 N–H and O–H groups in total. The number of hydrogen-bond donors (Lipinski definition) is 1. The van der Waals surface area contributed by atoms with Crippen LogP contribution in [0.2, 0.25) is 0 Å². The molecule has 8 nitrogen and oxygen atoms in total. The lowest BCUT2D eigenvalue weighted by Gasteiger charge is -2.29. The van der Waals surface area contributed by atoms with E-state index in [0.717, 1.165) is 13.1 Å². The van der Waals surface area contributed by atoms with Crippen molar-refractivity contribution in [2.75, 3.05) is 47.5 Å². The summed E-state index contributed by atoms with van der Waals surface area (Å²) in [6, 6.07) is 9.56. The molecular formula is C27H34N2O6. The van der Waals surface area contributed by atoms with Gasteiger partial charge in [0.15, 0.2) is 0 Å². The molecule has 0 spiro atoms. The molecule has 1 atom stereocenters. The minimum absolute atomic E-state index is 0.0226. The first kappa shape index (κ1) is 26.1. The molecule has 2 aromatic rings. The van der Waals surface area contributed by atoms with Crippen molar-refractivity contribution in [1.29, 1.82) is 0 Å². The lowest BCUT2D eigenvalue weighted by molar-refractivity contribution is -0.140. The number of benzene rings is 2. The summed E-state index contributed by atoms with van der Waals surface area (Å²) in [5.74, 6) is 0.0546. The van der Waals surface area contributed by atoms with Crippen LogP contribution in [-0.4, -0.2) is 74.1 Å². The van der Waals surface area contributed by atoms with E-state index >= 15 is 0 Å². The largest absolute Gasteiger partial charge is 0.507 e. The molecule has 0 radical (unpaired) electrons. The number of rotatable bonds is 10. The highest BCUT2D eigenvalue weighted by Crippen LogP contribution is 2.44. The third kappa shape index (κ3) is 5.12. The fraction of sp³-hybridized carbons (Fsp3) is 0.407. The number of aliphatic hydroxyl groups is 1. The summed E-state index contributed by atoms with van der Waals surface area (Å²) in [7, 11) is 4.63. The third-order valence-corrected chi connectivity index (χ3v) is 6.51. The predicted molar refractivity (Wildman–Crippen MR) is 134 cm³/mol. The number of aliphatic hydroxyl groups excluding tert-OH is 1. The summed E-state index contributed by atoms with van der Waals surface area (Å²) in [6.07, 6.45) is 0. The standard InChI is InChI=1S/C27H34N2O6/c1-7-28(8-2)13-14-29-24(21-16-19(34-5)10-12-22(21)35-6)23(26(31)27(29)32)25(30)20-11-9-18(33-4)15-17(20)3/h9-12,15-16,24,30H,7-8,13-14H2,1-6H3/b25-23+/t24-/m0/s1. The van der Waals surface area contributed by atoms with Crippen LogP contribution in [0.3, 0.4) is 0 Å². The fourth-order valence-electron chi connectivity index (χ4n) is 4.45. The number of ether oxygens (including phenoxy) is 3. The molecule has 1 saturated heterocycles. The van der Waals surface area contributed by atoms with Crippen LogP contribution in [0.5, 0.6) is 17.2 Å². The number of carbonyl (C=O) groups is 2. The molecule has 8 heteroatoms. The SMILES string of the molecule is CCN(CC)CCN1C(=O)C(=O)/C(=C(/O)c2ccc(OC)cc2C)[C@@H]1c1cc(OC)ccc1OC. The summed E-state index contributed by atoms with van der Waals surface area (Å²) in [5.41, 5.74) is 1.76. The average molecular weight is 483 g/mol. The number of likely N-dealkylation sites (tertiary alicyclic amines) is 1. The highest BCUT2D eigenvalue weighted by atomic mass is 16.5. The van der Waals surface area contributed by atoms with Crippen molar-refractivity contribution >= 4 is 17.4 Å². The van der Waals surface area contributed by atoms with Crippen molar-refractivity contribution in [1.82, 2.24) is 9.80 Å². The Balaban J connectivity index is 2.22. The molecule has 35 heavy (non-hydrogen) atoms. The lowest BCUT2D eigenvalue weighted by Crippen LogP contribution is -2.38. The van der Waals surface area contributed by atoms with Gasteiger partial charge >= 0.3 is 0 Å². The van der Waals surface area contributed by atoms with Crippen LogP contribution in [0, 0.1) is 6.92 Å². The molecular weight excluding hydrogens is 448 g/mol. The normalized spacial score (nSPS) is 17.2. The Hall–Kier alpha value is -3.52. The zero-order valence-corrected chi connectivity index (χ0v) is 21.3. The predicted octanol–water partition coefficient (Wildman–Crippen LogP) is 3.78. The maximum atomic E-state index is 13.4. The van der Waals surface area contributed by atoms with Crippen molar-refractivity contribution in [3.05, 3.63) is 58.7 Å². The molecule has 1 aliphatic rings. The fourth-order valence-corrected chi connectivity index (χ4v) is 4.45. The Morgan fingerprint density at radius 3 is 2.17 bits per heavy atom. The van der Waals surface area contributed by atoms with E-state index in [1.165, 1.54) is 12.0 Å². The van der Waals surface area contributed by atoms with E-state index in [0.29, 0.717) is 47.0 Å². The number of amides is 1. The number of hydrogen-bond acceptors (Lipinski definition) is 7. The topological polar surface area (TPSA) is 88.5 Å². The van der Waals surface area contributed by atoms with Crippen LogP contribution >= 0.6 is 0 Å². The summed E-state index contributed by atoms with van der Waals surface area (Å²) >= 11 is 0. The zero-order valence-electron chi connectivity index (χ0n) is 21.3. The quantitative estimate of drug-likeness (QED) is 0.313. The monoisotopic (exact) mass is 482 g/mol. The molecule has 0 unspecified atom stereocenters. The van der Waals surface area contributed by atoms with Crippen molar-refractivity contribution < 1.29 is 28.9 Å². The Labute approximate surface area is 206 Å². The molecule has 2 aromatic carbocycles. The minimum Gasteiger partial charge on any atom is -0.507 e. The van der Waals surface area contributed by atoms with Crippen LogP contribution in [0.4, 0.5) is 0 Å². The van der Waals surface area contributed by atoms with Gasteiger partial charge in [0.25, 0.3) is 11.7 Å². The van der Waals surface area contributed by atoms with Crippen LogP contribution in [-0.2, 0) is 9.59 Å². The smallest absolute Gasteiger partial charge is 0.295 e. The number of Topliss-reactive ketones (excluding diaryl/α,β-unsaturated/α-hetero) is 1. The highest BCUT2D eigenvalue weighted by molar-refractivity contribution is 6.46. The van der Waals surface area contributed by atoms with E-state index < -0.39 is 17.7 Å². The molecule has 3 rings (SSSR count). The van der Waals surface area contributed by atoms with Crippen molar-refractivity contribution in [2.24, 2.45) is 0 Å². The molecule has 0 bridgehead atoms. The molecule has 0 aliphatic carbocycles. The van der Waals surface area contributed by atoms with Gasteiger partial charge in [0.05, 0.1) is 32.9 Å². The summed E-state index contributed by atoms with van der Waals surface area (Å²) in [5, 5.41) is 11.4. The Bertz CT molecular complexity index is 1120. The first-order valence-corrected chi connectivity index (χ1v) is 11.7. The highest BCUT2D eigenvalue weighted by Gasteiger charge is 2.47. The number of nitrogens with zero attached hydrogens (tertiary/aromatic N) is 2. The summed E-state index contributed by atoms with van der Waals surface area (Å²) < 4.78 is 16.3. The van der Waals surface area contributed by atoms with Gasteiger partial charge in [-0.3, -0.25) is 9.59 Å². The molecule has 1 aliphatic heterocycles. The molecule has 188 valence electrons. The second kappa shape index (κ2) is 11.3. The van der Waals surface area contributed by atoms with Gasteiger partial charge in [0.1, 0.15) is 23.0 Å². The van der Waals surface area contributed by atoms with E-state index in [9.17, 15) is 14.7 Å². The molecule has 1 heterocycles. The number of aryl methyl sites for hydroxylation is 1. The van der Waals surface area contributed by atoms with Crippen molar-refractivity contribution in [3.8, 4) is 17.2 Å². The molecule has 1 amide bonds. The number of carbonyl (C=O) groups excluding carboxylic acids is 2. The van der Waals surface area contributed by atoms with Crippen LogP contribution in [0.25, 0.3) is 5.76 Å². The first-order chi connectivity index (χ1) is 16.8. The van der Waals surface area contributed by atoms with Gasteiger partial charge in [-0.2, -0.15) is 0 Å². The summed E-state index contributed by atoms with van der Waals surface area (Å²) in [6.45, 7) is 8.45. The van der Waals surface area contributed by atoms with Gasteiger partial charge in [-0.25, -0.2) is 0 Å².